The Hall–Kier alpha value is -3.78. The van der Waals surface area contributed by atoms with Crippen LogP contribution in [0.2, 0.25) is 0 Å². The molecule has 0 unspecified atom stereocenters. The first-order chi connectivity index (χ1) is 15.0. The Morgan fingerprint density at radius 1 is 1.10 bits per heavy atom. The number of amides is 1. The molecular weight excluding hydrogens is 414 g/mol. The molecule has 0 aliphatic rings. The number of nitrogens with zero attached hydrogens (tertiary/aromatic N) is 2. The highest BCUT2D eigenvalue weighted by Crippen LogP contribution is 2.30. The number of hydrogen-bond acceptors (Lipinski definition) is 6. The van der Waals surface area contributed by atoms with Crippen molar-refractivity contribution in [2.45, 2.75) is 13.5 Å². The first-order valence-corrected chi connectivity index (χ1v) is 10.5. The third-order valence-electron chi connectivity index (χ3n) is 4.55. The van der Waals surface area contributed by atoms with E-state index in [4.69, 9.17) is 4.74 Å². The lowest BCUT2D eigenvalue weighted by atomic mass is 10.2. The van der Waals surface area contributed by atoms with Crippen LogP contribution in [0.3, 0.4) is 0 Å². The summed E-state index contributed by atoms with van der Waals surface area (Å²) in [5, 5.41) is 3.18. The lowest BCUT2D eigenvalue weighted by Crippen LogP contribution is -2.27. The van der Waals surface area contributed by atoms with E-state index in [1.165, 1.54) is 28.3 Å². The molecule has 0 saturated heterocycles. The summed E-state index contributed by atoms with van der Waals surface area (Å²) >= 11 is 1.43. The van der Waals surface area contributed by atoms with E-state index < -0.39 is 11.9 Å². The lowest BCUT2D eigenvalue weighted by Gasteiger charge is -2.08. The summed E-state index contributed by atoms with van der Waals surface area (Å²) in [6.45, 7) is 1.80. The molecule has 2 aromatic heterocycles. The van der Waals surface area contributed by atoms with E-state index in [-0.39, 0.29) is 18.7 Å². The van der Waals surface area contributed by atoms with Gasteiger partial charge in [-0.05, 0) is 36.8 Å². The van der Waals surface area contributed by atoms with E-state index in [1.54, 1.807) is 25.1 Å². The van der Waals surface area contributed by atoms with Crippen LogP contribution in [0.5, 0.6) is 0 Å². The normalized spacial score (nSPS) is 10.7. The van der Waals surface area contributed by atoms with Gasteiger partial charge in [0.1, 0.15) is 11.4 Å². The topological polar surface area (TPSA) is 90.3 Å². The van der Waals surface area contributed by atoms with Gasteiger partial charge in [-0.15, -0.1) is 11.3 Å². The van der Waals surface area contributed by atoms with Crippen LogP contribution in [0.25, 0.3) is 20.7 Å². The number of thiophene rings is 1. The molecule has 8 heteroatoms. The molecule has 0 aliphatic heterocycles. The largest absolute Gasteiger partial charge is 0.462 e. The Labute approximate surface area is 181 Å². The predicted octanol–water partition coefficient (Wildman–Crippen LogP) is 3.94. The Morgan fingerprint density at radius 2 is 1.90 bits per heavy atom. The van der Waals surface area contributed by atoms with Crippen molar-refractivity contribution < 1.29 is 14.3 Å². The molecule has 2 heterocycles. The molecule has 156 valence electrons. The number of ether oxygens (including phenoxy) is 1. The maximum Gasteiger partial charge on any atom is 0.338 e. The molecule has 0 atom stereocenters. The number of rotatable bonds is 6. The van der Waals surface area contributed by atoms with E-state index in [9.17, 15) is 14.4 Å². The number of fused-ring (bicyclic) bond motifs is 1. The fourth-order valence-corrected chi connectivity index (χ4v) is 4.11. The van der Waals surface area contributed by atoms with Gasteiger partial charge in [-0.1, -0.05) is 36.4 Å². The Bertz CT molecular complexity index is 1310. The molecule has 0 aliphatic carbocycles. The van der Waals surface area contributed by atoms with Crippen molar-refractivity contribution in [1.82, 2.24) is 9.55 Å². The van der Waals surface area contributed by atoms with Gasteiger partial charge in [0.2, 0.25) is 5.91 Å². The van der Waals surface area contributed by atoms with E-state index in [2.05, 4.69) is 10.3 Å². The summed E-state index contributed by atoms with van der Waals surface area (Å²) in [5.74, 6) is -0.862. The minimum absolute atomic E-state index is 0.193. The van der Waals surface area contributed by atoms with Crippen molar-refractivity contribution in [1.29, 1.82) is 0 Å². The molecule has 0 bridgehead atoms. The first kappa shape index (κ1) is 20.5. The summed E-state index contributed by atoms with van der Waals surface area (Å²) < 4.78 is 6.24. The van der Waals surface area contributed by atoms with Crippen LogP contribution in [0, 0.1) is 0 Å². The smallest absolute Gasteiger partial charge is 0.338 e. The number of aromatic nitrogens is 2. The summed E-state index contributed by atoms with van der Waals surface area (Å²) in [7, 11) is 0. The standard InChI is InChI=1S/C23H19N3O4S/c1-2-30-23(29)16-9-6-10-17(11-16)25-20(27)13-26-14-24-21-18(22(26)28)12-19(31-21)15-7-4-3-5-8-15/h3-12,14H,2,13H2,1H3,(H,25,27). The monoisotopic (exact) mass is 433 g/mol. The van der Waals surface area contributed by atoms with Crippen molar-refractivity contribution in [3.8, 4) is 10.4 Å². The third-order valence-corrected chi connectivity index (χ3v) is 5.64. The van der Waals surface area contributed by atoms with E-state index >= 15 is 0 Å². The third kappa shape index (κ3) is 4.54. The molecule has 1 amide bonds. The first-order valence-electron chi connectivity index (χ1n) is 9.66. The van der Waals surface area contributed by atoms with Crippen LogP contribution in [0.4, 0.5) is 5.69 Å². The van der Waals surface area contributed by atoms with Crippen molar-refractivity contribution in [3.05, 3.63) is 82.9 Å². The number of anilines is 1. The molecule has 4 rings (SSSR count). The molecule has 31 heavy (non-hydrogen) atoms. The van der Waals surface area contributed by atoms with E-state index in [1.807, 2.05) is 36.4 Å². The van der Waals surface area contributed by atoms with Crippen LogP contribution in [-0.2, 0) is 16.1 Å². The number of benzene rings is 2. The van der Waals surface area contributed by atoms with Crippen LogP contribution in [-0.4, -0.2) is 28.0 Å². The van der Waals surface area contributed by atoms with Gasteiger partial charge in [0.25, 0.3) is 5.56 Å². The quantitative estimate of drug-likeness (QED) is 0.465. The highest BCUT2D eigenvalue weighted by Gasteiger charge is 2.13. The van der Waals surface area contributed by atoms with Crippen molar-refractivity contribution in [2.75, 3.05) is 11.9 Å². The minimum Gasteiger partial charge on any atom is -0.462 e. The second kappa shape index (κ2) is 8.93. The van der Waals surface area contributed by atoms with Gasteiger partial charge in [-0.3, -0.25) is 14.2 Å². The van der Waals surface area contributed by atoms with Crippen molar-refractivity contribution in [3.63, 3.8) is 0 Å². The van der Waals surface area contributed by atoms with E-state index in [0.29, 0.717) is 21.5 Å². The molecular formula is C23H19N3O4S. The molecule has 0 saturated carbocycles. The highest BCUT2D eigenvalue weighted by molar-refractivity contribution is 7.21. The molecule has 1 N–H and O–H groups in total. The van der Waals surface area contributed by atoms with Crippen LogP contribution in [0.15, 0.2) is 71.8 Å². The second-order valence-corrected chi connectivity index (χ2v) is 7.75. The van der Waals surface area contributed by atoms with Crippen LogP contribution < -0.4 is 10.9 Å². The molecule has 4 aromatic rings. The molecule has 0 fully saturated rings. The van der Waals surface area contributed by atoms with Gasteiger partial charge < -0.3 is 10.1 Å². The number of carbonyl (C=O) groups is 2. The summed E-state index contributed by atoms with van der Waals surface area (Å²) in [6.07, 6.45) is 1.38. The zero-order chi connectivity index (χ0) is 21.8. The van der Waals surface area contributed by atoms with Crippen molar-refractivity contribution in [2.24, 2.45) is 0 Å². The Kier molecular flexibility index (Phi) is 5.90. The minimum atomic E-state index is -0.462. The molecule has 7 nitrogen and oxygen atoms in total. The van der Waals surface area contributed by atoms with Gasteiger partial charge >= 0.3 is 5.97 Å². The Balaban J connectivity index is 1.53. The van der Waals surface area contributed by atoms with Gasteiger partial charge in [0.05, 0.1) is 23.9 Å². The second-order valence-electron chi connectivity index (χ2n) is 6.72. The Morgan fingerprint density at radius 3 is 2.68 bits per heavy atom. The fourth-order valence-electron chi connectivity index (χ4n) is 3.11. The average molecular weight is 433 g/mol. The highest BCUT2D eigenvalue weighted by atomic mass is 32.1. The maximum absolute atomic E-state index is 12.9. The SMILES string of the molecule is CCOC(=O)c1cccc(NC(=O)Cn2cnc3sc(-c4ccccc4)cc3c2=O)c1. The van der Waals surface area contributed by atoms with E-state index in [0.717, 1.165) is 10.4 Å². The van der Waals surface area contributed by atoms with Gasteiger partial charge in [0.15, 0.2) is 0 Å². The van der Waals surface area contributed by atoms with Crippen LogP contribution >= 0.6 is 11.3 Å². The zero-order valence-electron chi connectivity index (χ0n) is 16.7. The average Bonchev–Trinajstić information content (AvgIpc) is 3.22. The zero-order valence-corrected chi connectivity index (χ0v) is 17.5. The summed E-state index contributed by atoms with van der Waals surface area (Å²) in [4.78, 5) is 43.1. The van der Waals surface area contributed by atoms with Gasteiger partial charge in [-0.2, -0.15) is 0 Å². The lowest BCUT2D eigenvalue weighted by molar-refractivity contribution is -0.116. The number of nitrogens with one attached hydrogen (secondary N) is 1. The number of carbonyl (C=O) groups excluding carboxylic acids is 2. The fraction of sp³-hybridized carbons (Fsp3) is 0.130. The number of hydrogen-bond donors (Lipinski definition) is 1. The molecule has 2 aromatic carbocycles. The summed E-state index contributed by atoms with van der Waals surface area (Å²) in [5.41, 5.74) is 1.51. The van der Waals surface area contributed by atoms with Crippen LogP contribution in [0.1, 0.15) is 17.3 Å². The summed E-state index contributed by atoms with van der Waals surface area (Å²) in [6, 6.07) is 18.0. The maximum atomic E-state index is 12.9. The molecule has 0 spiro atoms. The number of esters is 1. The van der Waals surface area contributed by atoms with Gasteiger partial charge in [0, 0.05) is 10.6 Å². The predicted molar refractivity (Wildman–Crippen MR) is 120 cm³/mol. The van der Waals surface area contributed by atoms with Gasteiger partial charge in [-0.25, -0.2) is 9.78 Å². The van der Waals surface area contributed by atoms with Crippen molar-refractivity contribution >= 4 is 39.1 Å². The molecule has 0 radical (unpaired) electrons.